The summed E-state index contributed by atoms with van der Waals surface area (Å²) in [4.78, 5) is 1.08. The van der Waals surface area contributed by atoms with Crippen LogP contribution in [0.3, 0.4) is 0 Å². The number of hydrogen-bond acceptors (Lipinski definition) is 2. The molecule has 0 aliphatic heterocycles. The van der Waals surface area contributed by atoms with Gasteiger partial charge in [0.1, 0.15) is 6.10 Å². The van der Waals surface area contributed by atoms with Gasteiger partial charge in [-0.25, -0.2) is 0 Å². The molecule has 1 aromatic heterocycles. The van der Waals surface area contributed by atoms with Crippen LogP contribution in [0.25, 0.3) is 0 Å². The number of rotatable bonds is 3. The molecule has 1 unspecified atom stereocenters. The van der Waals surface area contributed by atoms with Crippen LogP contribution < -0.4 is 0 Å². The van der Waals surface area contributed by atoms with Crippen molar-refractivity contribution in [3.63, 3.8) is 0 Å². The van der Waals surface area contributed by atoms with Crippen molar-refractivity contribution in [3.05, 3.63) is 58.3 Å². The molecule has 0 aliphatic carbocycles. The minimum atomic E-state index is -1.62. The second kappa shape index (κ2) is 6.20. The van der Waals surface area contributed by atoms with Crippen LogP contribution in [0.2, 0.25) is 19.6 Å². The zero-order valence-corrected chi connectivity index (χ0v) is 13.3. The minimum absolute atomic E-state index is 0.130. The van der Waals surface area contributed by atoms with Crippen LogP contribution in [0.15, 0.2) is 47.8 Å². The summed E-state index contributed by atoms with van der Waals surface area (Å²) in [5.41, 5.74) is 1.13. The first-order valence-electron chi connectivity index (χ1n) is 6.32. The molecule has 0 aliphatic rings. The molecule has 2 aromatic rings. The van der Waals surface area contributed by atoms with Crippen LogP contribution in [0.4, 0.5) is 0 Å². The fraction of sp³-hybridized carbons (Fsp3) is 0.250. The van der Waals surface area contributed by atoms with Crippen molar-refractivity contribution in [2.45, 2.75) is 25.7 Å². The number of benzene rings is 1. The molecule has 0 amide bonds. The van der Waals surface area contributed by atoms with Gasteiger partial charge in [0.2, 0.25) is 0 Å². The van der Waals surface area contributed by atoms with E-state index in [1.54, 1.807) is 11.3 Å². The van der Waals surface area contributed by atoms with E-state index in [0.29, 0.717) is 0 Å². The van der Waals surface area contributed by atoms with Crippen LogP contribution in [0.5, 0.6) is 0 Å². The lowest BCUT2D eigenvalue weighted by atomic mass is 10.1. The van der Waals surface area contributed by atoms with E-state index in [4.69, 9.17) is 4.43 Å². The van der Waals surface area contributed by atoms with Gasteiger partial charge < -0.3 is 4.43 Å². The first kappa shape index (κ1) is 14.1. The maximum atomic E-state index is 6.19. The van der Waals surface area contributed by atoms with E-state index in [0.717, 1.165) is 10.4 Å². The Balaban J connectivity index is 2.25. The van der Waals surface area contributed by atoms with E-state index >= 15 is 0 Å². The fourth-order valence-corrected chi connectivity index (χ4v) is 3.13. The molecule has 1 aromatic carbocycles. The van der Waals surface area contributed by atoms with Crippen molar-refractivity contribution in [1.82, 2.24) is 0 Å². The van der Waals surface area contributed by atoms with E-state index in [-0.39, 0.29) is 6.10 Å². The molecule has 98 valence electrons. The van der Waals surface area contributed by atoms with Crippen LogP contribution in [-0.2, 0) is 4.43 Å². The Kier molecular flexibility index (Phi) is 4.59. The third-order valence-electron chi connectivity index (χ3n) is 2.42. The normalized spacial score (nSPS) is 12.6. The molecule has 0 fully saturated rings. The second-order valence-electron chi connectivity index (χ2n) is 5.27. The minimum Gasteiger partial charge on any atom is -0.400 e. The highest BCUT2D eigenvalue weighted by Crippen LogP contribution is 2.21. The Morgan fingerprint density at radius 1 is 1.05 bits per heavy atom. The predicted octanol–water partition coefficient (Wildman–Crippen LogP) is 4.69. The third kappa shape index (κ3) is 4.68. The monoisotopic (exact) mass is 286 g/mol. The molecule has 0 bridgehead atoms. The molecule has 1 nitrogen and oxygen atoms in total. The van der Waals surface area contributed by atoms with Gasteiger partial charge in [-0.2, -0.15) is 0 Å². The molecule has 1 heterocycles. The Morgan fingerprint density at radius 2 is 1.79 bits per heavy atom. The van der Waals surface area contributed by atoms with E-state index in [2.05, 4.69) is 43.6 Å². The fourth-order valence-electron chi connectivity index (χ4n) is 1.65. The highest BCUT2D eigenvalue weighted by atomic mass is 32.1. The molecule has 0 spiro atoms. The molecular weight excluding hydrogens is 268 g/mol. The van der Waals surface area contributed by atoms with Gasteiger partial charge in [-0.3, -0.25) is 0 Å². The van der Waals surface area contributed by atoms with Gasteiger partial charge in [-0.15, -0.1) is 11.3 Å². The first-order chi connectivity index (χ1) is 9.04. The maximum absolute atomic E-state index is 6.19. The Hall–Kier alpha value is -1.34. The lowest BCUT2D eigenvalue weighted by Crippen LogP contribution is -2.27. The largest absolute Gasteiger partial charge is 0.400 e. The summed E-state index contributed by atoms with van der Waals surface area (Å²) < 4.78 is 6.19. The highest BCUT2D eigenvalue weighted by molar-refractivity contribution is 7.10. The average molecular weight is 286 g/mol. The van der Waals surface area contributed by atoms with Crippen molar-refractivity contribution in [2.24, 2.45) is 0 Å². The van der Waals surface area contributed by atoms with Crippen LogP contribution in [0, 0.1) is 11.8 Å². The maximum Gasteiger partial charge on any atom is 0.185 e. The van der Waals surface area contributed by atoms with Gasteiger partial charge in [0.25, 0.3) is 0 Å². The van der Waals surface area contributed by atoms with E-state index in [9.17, 15) is 0 Å². The molecule has 0 saturated heterocycles. The van der Waals surface area contributed by atoms with Crippen LogP contribution in [0.1, 0.15) is 16.5 Å². The molecule has 19 heavy (non-hydrogen) atoms. The second-order valence-corrected chi connectivity index (χ2v) is 10.7. The van der Waals surface area contributed by atoms with Crippen molar-refractivity contribution < 1.29 is 4.43 Å². The van der Waals surface area contributed by atoms with Crippen molar-refractivity contribution in [3.8, 4) is 11.8 Å². The van der Waals surface area contributed by atoms with Crippen molar-refractivity contribution in [1.29, 1.82) is 0 Å². The van der Waals surface area contributed by atoms with Gasteiger partial charge in [0.05, 0.1) is 4.88 Å². The van der Waals surface area contributed by atoms with Gasteiger partial charge >= 0.3 is 0 Å². The zero-order chi connectivity index (χ0) is 13.7. The Bertz CT molecular complexity index is 558. The SMILES string of the molecule is C[Si](C)(C)OC(C#Cc1cccs1)c1ccccc1. The number of thiophene rings is 1. The smallest absolute Gasteiger partial charge is 0.185 e. The summed E-state index contributed by atoms with van der Waals surface area (Å²) in [5.74, 6) is 6.48. The summed E-state index contributed by atoms with van der Waals surface area (Å²) in [6, 6.07) is 14.3. The molecule has 0 N–H and O–H groups in total. The molecule has 0 saturated carbocycles. The third-order valence-corrected chi connectivity index (χ3v) is 4.15. The van der Waals surface area contributed by atoms with Crippen LogP contribution in [-0.4, -0.2) is 8.32 Å². The molecule has 3 heteroatoms. The van der Waals surface area contributed by atoms with Gasteiger partial charge in [0.15, 0.2) is 8.32 Å². The van der Waals surface area contributed by atoms with Crippen molar-refractivity contribution in [2.75, 3.05) is 0 Å². The van der Waals surface area contributed by atoms with Gasteiger partial charge in [0, 0.05) is 0 Å². The first-order valence-corrected chi connectivity index (χ1v) is 10.6. The van der Waals surface area contributed by atoms with E-state index < -0.39 is 8.32 Å². The van der Waals surface area contributed by atoms with E-state index in [1.165, 1.54) is 0 Å². The van der Waals surface area contributed by atoms with Crippen molar-refractivity contribution >= 4 is 19.7 Å². The average Bonchev–Trinajstić information content (AvgIpc) is 2.87. The standard InChI is InChI=1S/C16H18OSSi/c1-19(2,3)17-16(14-8-5-4-6-9-14)12-11-15-10-7-13-18-15/h4-10,13,16H,1-3H3. The molecule has 2 rings (SSSR count). The summed E-state index contributed by atoms with van der Waals surface area (Å²) in [6.07, 6.45) is -0.130. The molecule has 0 radical (unpaired) electrons. The van der Waals surface area contributed by atoms with Gasteiger partial charge in [-0.1, -0.05) is 48.2 Å². The lowest BCUT2D eigenvalue weighted by Gasteiger charge is -2.23. The van der Waals surface area contributed by atoms with E-state index in [1.807, 2.05) is 35.7 Å². The summed E-state index contributed by atoms with van der Waals surface area (Å²) in [5, 5.41) is 2.04. The molecular formula is C16H18OSSi. The Morgan fingerprint density at radius 3 is 2.37 bits per heavy atom. The lowest BCUT2D eigenvalue weighted by molar-refractivity contribution is 0.257. The summed E-state index contributed by atoms with van der Waals surface area (Å²) in [7, 11) is -1.62. The van der Waals surface area contributed by atoms with Gasteiger partial charge in [-0.05, 0) is 36.7 Å². The zero-order valence-electron chi connectivity index (χ0n) is 11.5. The molecule has 1 atom stereocenters. The number of hydrogen-bond donors (Lipinski definition) is 0. The van der Waals surface area contributed by atoms with Crippen LogP contribution >= 0.6 is 11.3 Å². The topological polar surface area (TPSA) is 9.23 Å². The summed E-state index contributed by atoms with van der Waals surface area (Å²) >= 11 is 1.66. The quantitative estimate of drug-likeness (QED) is 0.587. The highest BCUT2D eigenvalue weighted by Gasteiger charge is 2.20. The Labute approximate surface area is 120 Å². The predicted molar refractivity (Wildman–Crippen MR) is 84.8 cm³/mol. The summed E-state index contributed by atoms with van der Waals surface area (Å²) in [6.45, 7) is 6.57.